The normalized spacial score (nSPS) is 16.1. The van der Waals surface area contributed by atoms with Gasteiger partial charge in [0.2, 0.25) is 10.0 Å². The van der Waals surface area contributed by atoms with Crippen molar-refractivity contribution in [1.82, 2.24) is 4.31 Å². The van der Waals surface area contributed by atoms with Crippen molar-refractivity contribution in [1.29, 1.82) is 0 Å². The van der Waals surface area contributed by atoms with Gasteiger partial charge in [-0.05, 0) is 30.3 Å². The number of benzene rings is 2. The average Bonchev–Trinajstić information content (AvgIpc) is 2.67. The lowest BCUT2D eigenvalue weighted by molar-refractivity contribution is -0.384. The van der Waals surface area contributed by atoms with Crippen LogP contribution in [0, 0.1) is 10.1 Å². The summed E-state index contributed by atoms with van der Waals surface area (Å²) in [4.78, 5) is 11.6. The molecule has 0 radical (unpaired) electrons. The fourth-order valence-corrected chi connectivity index (χ4v) is 4.68. The summed E-state index contributed by atoms with van der Waals surface area (Å²) in [6.45, 7) is 0.695. The second kappa shape index (κ2) is 7.81. The molecule has 156 valence electrons. The first-order valence-corrected chi connectivity index (χ1v) is 10.2. The third-order valence-electron chi connectivity index (χ3n) is 4.55. The van der Waals surface area contributed by atoms with Crippen LogP contribution >= 0.6 is 11.6 Å². The minimum atomic E-state index is -4.77. The van der Waals surface area contributed by atoms with Gasteiger partial charge in [-0.2, -0.15) is 17.5 Å². The van der Waals surface area contributed by atoms with Crippen molar-refractivity contribution in [2.24, 2.45) is 0 Å². The monoisotopic (exact) mass is 449 g/mol. The van der Waals surface area contributed by atoms with Crippen molar-refractivity contribution in [3.8, 4) is 0 Å². The van der Waals surface area contributed by atoms with E-state index in [1.807, 2.05) is 4.90 Å². The molecule has 2 aromatic rings. The third kappa shape index (κ3) is 4.46. The Labute approximate surface area is 169 Å². The smallest absolute Gasteiger partial charge is 0.369 e. The van der Waals surface area contributed by atoms with Crippen LogP contribution in [0.1, 0.15) is 5.56 Å². The first-order chi connectivity index (χ1) is 13.5. The highest BCUT2D eigenvalue weighted by atomic mass is 35.5. The van der Waals surface area contributed by atoms with Crippen molar-refractivity contribution < 1.29 is 26.5 Å². The van der Waals surface area contributed by atoms with Crippen molar-refractivity contribution >= 4 is 33.0 Å². The predicted octanol–water partition coefficient (Wildman–Crippen LogP) is 3.78. The lowest BCUT2D eigenvalue weighted by Gasteiger charge is -2.35. The van der Waals surface area contributed by atoms with Crippen LogP contribution in [0.15, 0.2) is 47.4 Å². The summed E-state index contributed by atoms with van der Waals surface area (Å²) in [6.07, 6.45) is -4.77. The van der Waals surface area contributed by atoms with E-state index in [-0.39, 0.29) is 31.9 Å². The lowest BCUT2D eigenvalue weighted by atomic mass is 10.2. The summed E-state index contributed by atoms with van der Waals surface area (Å²) in [6, 6.07) is 8.35. The molecule has 0 atom stereocenters. The number of nitro groups is 1. The quantitative estimate of drug-likeness (QED) is 0.524. The van der Waals surface area contributed by atoms with Gasteiger partial charge in [0.05, 0.1) is 20.4 Å². The maximum Gasteiger partial charge on any atom is 0.417 e. The van der Waals surface area contributed by atoms with Crippen molar-refractivity contribution in [2.45, 2.75) is 11.1 Å². The predicted molar refractivity (Wildman–Crippen MR) is 101 cm³/mol. The van der Waals surface area contributed by atoms with Gasteiger partial charge in [0.15, 0.2) is 0 Å². The molecule has 7 nitrogen and oxygen atoms in total. The number of hydrogen-bond donors (Lipinski definition) is 0. The number of halogens is 4. The van der Waals surface area contributed by atoms with Crippen LogP contribution in [0.5, 0.6) is 0 Å². The van der Waals surface area contributed by atoms with Gasteiger partial charge in [0.25, 0.3) is 5.69 Å². The molecule has 1 aliphatic heterocycles. The zero-order valence-electron chi connectivity index (χ0n) is 14.8. The number of piperazine rings is 1. The lowest BCUT2D eigenvalue weighted by Crippen LogP contribution is -2.48. The Balaban J connectivity index is 1.75. The summed E-state index contributed by atoms with van der Waals surface area (Å²) in [5.74, 6) is 0. The Bertz CT molecular complexity index is 1020. The van der Waals surface area contributed by atoms with Gasteiger partial charge in [-0.3, -0.25) is 10.1 Å². The Morgan fingerprint density at radius 3 is 2.10 bits per heavy atom. The molecule has 29 heavy (non-hydrogen) atoms. The molecule has 12 heteroatoms. The molecule has 1 aliphatic rings. The number of alkyl halides is 3. The molecule has 0 N–H and O–H groups in total. The van der Waals surface area contributed by atoms with Crippen LogP contribution in [0.25, 0.3) is 0 Å². The molecule has 1 heterocycles. The van der Waals surface area contributed by atoms with Crippen LogP contribution in [0.2, 0.25) is 5.02 Å². The molecule has 1 fully saturated rings. The van der Waals surface area contributed by atoms with Crippen molar-refractivity contribution in [2.75, 3.05) is 31.1 Å². The van der Waals surface area contributed by atoms with Gasteiger partial charge in [0, 0.05) is 44.0 Å². The van der Waals surface area contributed by atoms with Gasteiger partial charge in [0.1, 0.15) is 0 Å². The molecule has 0 bridgehead atoms. The van der Waals surface area contributed by atoms with Gasteiger partial charge < -0.3 is 4.90 Å². The number of nitrogens with zero attached hydrogens (tertiary/aromatic N) is 3. The van der Waals surface area contributed by atoms with Crippen molar-refractivity contribution in [3.63, 3.8) is 0 Å². The van der Waals surface area contributed by atoms with E-state index in [9.17, 15) is 31.7 Å². The van der Waals surface area contributed by atoms with E-state index in [2.05, 4.69) is 0 Å². The highest BCUT2D eigenvalue weighted by Crippen LogP contribution is 2.36. The Morgan fingerprint density at radius 1 is 1.00 bits per heavy atom. The highest BCUT2D eigenvalue weighted by molar-refractivity contribution is 7.89. The highest BCUT2D eigenvalue weighted by Gasteiger charge is 2.36. The molecule has 0 aliphatic carbocycles. The molecule has 0 amide bonds. The van der Waals surface area contributed by atoms with E-state index in [0.29, 0.717) is 11.8 Å². The second-order valence-corrected chi connectivity index (χ2v) is 8.65. The Kier molecular flexibility index (Phi) is 5.74. The summed E-state index contributed by atoms with van der Waals surface area (Å²) in [5.41, 5.74) is -0.568. The van der Waals surface area contributed by atoms with Gasteiger partial charge in [-0.1, -0.05) is 11.6 Å². The van der Waals surface area contributed by atoms with E-state index in [0.717, 1.165) is 16.4 Å². The molecule has 2 aromatic carbocycles. The van der Waals surface area contributed by atoms with Crippen LogP contribution in [-0.2, 0) is 16.2 Å². The molecule has 0 unspecified atom stereocenters. The fourth-order valence-electron chi connectivity index (χ4n) is 3.00. The van der Waals surface area contributed by atoms with Gasteiger partial charge >= 0.3 is 6.18 Å². The third-order valence-corrected chi connectivity index (χ3v) is 6.77. The molecule has 0 aromatic heterocycles. The standard InChI is InChI=1S/C17H15ClF3N3O4S/c18-16-6-5-14(11-15(16)17(19,20)21)29(27,28)23-9-7-22(8-10-23)12-1-3-13(4-2-12)24(25)26/h1-6,11H,7-10H2. The molecule has 0 spiro atoms. The SMILES string of the molecule is O=[N+]([O-])c1ccc(N2CCN(S(=O)(=O)c3ccc(Cl)c(C(F)(F)F)c3)CC2)cc1. The molecular formula is C17H15ClF3N3O4S. The van der Waals surface area contributed by atoms with Crippen molar-refractivity contribution in [3.05, 3.63) is 63.2 Å². The summed E-state index contributed by atoms with van der Waals surface area (Å²) < 4.78 is 65.7. The van der Waals surface area contributed by atoms with E-state index in [1.54, 1.807) is 12.1 Å². The van der Waals surface area contributed by atoms with E-state index >= 15 is 0 Å². The van der Waals surface area contributed by atoms with Crippen LogP contribution < -0.4 is 4.90 Å². The van der Waals surface area contributed by atoms with Crippen LogP contribution in [0.3, 0.4) is 0 Å². The Morgan fingerprint density at radius 2 is 1.59 bits per heavy atom. The van der Waals surface area contributed by atoms with Gasteiger partial charge in [-0.15, -0.1) is 0 Å². The number of anilines is 1. The van der Waals surface area contributed by atoms with E-state index < -0.39 is 36.6 Å². The number of nitro benzene ring substituents is 1. The second-order valence-electron chi connectivity index (χ2n) is 6.30. The molecular weight excluding hydrogens is 435 g/mol. The number of sulfonamides is 1. The zero-order valence-corrected chi connectivity index (χ0v) is 16.3. The summed E-state index contributed by atoms with van der Waals surface area (Å²) >= 11 is 5.56. The minimum absolute atomic E-state index is 0.0572. The Hall–Kier alpha value is -2.37. The first-order valence-electron chi connectivity index (χ1n) is 8.36. The van der Waals surface area contributed by atoms with Gasteiger partial charge in [-0.25, -0.2) is 8.42 Å². The minimum Gasteiger partial charge on any atom is -0.369 e. The van der Waals surface area contributed by atoms with Crippen LogP contribution in [0.4, 0.5) is 24.5 Å². The number of non-ortho nitro benzene ring substituents is 1. The largest absolute Gasteiger partial charge is 0.417 e. The first kappa shape index (κ1) is 21.3. The summed E-state index contributed by atoms with van der Waals surface area (Å²) in [7, 11) is -4.13. The maximum absolute atomic E-state index is 13.0. The van der Waals surface area contributed by atoms with Crippen LogP contribution in [-0.4, -0.2) is 43.8 Å². The molecule has 3 rings (SSSR count). The van der Waals surface area contributed by atoms with E-state index in [1.165, 1.54) is 12.1 Å². The summed E-state index contributed by atoms with van der Waals surface area (Å²) in [5, 5.41) is 10.2. The average molecular weight is 450 g/mol. The number of rotatable bonds is 4. The molecule has 1 saturated heterocycles. The van der Waals surface area contributed by atoms with E-state index in [4.69, 9.17) is 11.6 Å². The fraction of sp³-hybridized carbons (Fsp3) is 0.294. The topological polar surface area (TPSA) is 83.8 Å². The zero-order chi connectivity index (χ0) is 21.4. The molecule has 0 saturated carbocycles. The number of hydrogen-bond acceptors (Lipinski definition) is 5. The maximum atomic E-state index is 13.0.